The summed E-state index contributed by atoms with van der Waals surface area (Å²) in [7, 11) is 2.98. The zero-order chi connectivity index (χ0) is 21.1. The maximum atomic E-state index is 12.2. The van der Waals surface area contributed by atoms with E-state index in [1.54, 1.807) is 42.5 Å². The average Bonchev–Trinajstić information content (AvgIpc) is 2.75. The zero-order valence-corrected chi connectivity index (χ0v) is 16.7. The van der Waals surface area contributed by atoms with Crippen LogP contribution in [0.4, 0.5) is 0 Å². The fraction of sp³-hybridized carbons (Fsp3) is 0.333. The lowest BCUT2D eigenvalue weighted by Gasteiger charge is -2.10. The number of carbonyl (C=O) groups excluding carboxylic acids is 2. The van der Waals surface area contributed by atoms with E-state index in [9.17, 15) is 9.59 Å². The molecule has 2 aromatic carbocycles. The molecular formula is C21H25NO7. The molecule has 0 radical (unpaired) electrons. The first-order valence-electron chi connectivity index (χ1n) is 9.08. The Balaban J connectivity index is 1.71. The van der Waals surface area contributed by atoms with Crippen molar-refractivity contribution in [3.63, 3.8) is 0 Å². The number of benzene rings is 2. The van der Waals surface area contributed by atoms with Crippen LogP contribution in [0.15, 0.2) is 42.5 Å². The molecule has 0 saturated carbocycles. The van der Waals surface area contributed by atoms with Gasteiger partial charge in [-0.2, -0.15) is 0 Å². The predicted molar refractivity (Wildman–Crippen MR) is 106 cm³/mol. The van der Waals surface area contributed by atoms with Gasteiger partial charge in [-0.15, -0.1) is 0 Å². The molecule has 0 unspecified atom stereocenters. The second-order valence-corrected chi connectivity index (χ2v) is 5.76. The molecule has 1 amide bonds. The third kappa shape index (κ3) is 7.25. The minimum Gasteiger partial charge on any atom is -0.497 e. The van der Waals surface area contributed by atoms with Crippen molar-refractivity contribution in [2.75, 3.05) is 40.6 Å². The summed E-state index contributed by atoms with van der Waals surface area (Å²) in [5.41, 5.74) is 0.313. The van der Waals surface area contributed by atoms with Crippen LogP contribution in [-0.4, -0.2) is 52.5 Å². The smallest absolute Gasteiger partial charge is 0.325 e. The number of esters is 1. The number of hydrogen-bond acceptors (Lipinski definition) is 7. The summed E-state index contributed by atoms with van der Waals surface area (Å²) in [6, 6.07) is 11.9. The van der Waals surface area contributed by atoms with Crippen LogP contribution in [0.5, 0.6) is 23.0 Å². The van der Waals surface area contributed by atoms with Gasteiger partial charge in [-0.25, -0.2) is 0 Å². The first kappa shape index (κ1) is 21.9. The molecule has 2 aromatic rings. The lowest BCUT2D eigenvalue weighted by molar-refractivity contribution is -0.143. The fourth-order valence-electron chi connectivity index (χ4n) is 2.36. The van der Waals surface area contributed by atoms with Gasteiger partial charge < -0.3 is 29.0 Å². The van der Waals surface area contributed by atoms with Crippen molar-refractivity contribution in [3.8, 4) is 23.0 Å². The number of hydrogen-bond donors (Lipinski definition) is 1. The van der Waals surface area contributed by atoms with E-state index in [-0.39, 0.29) is 19.8 Å². The summed E-state index contributed by atoms with van der Waals surface area (Å²) >= 11 is 0. The Morgan fingerprint density at radius 1 is 0.828 bits per heavy atom. The Hall–Kier alpha value is -3.42. The Kier molecular flexibility index (Phi) is 8.62. The van der Waals surface area contributed by atoms with Crippen molar-refractivity contribution in [2.45, 2.75) is 6.92 Å². The molecule has 0 aliphatic heterocycles. The molecule has 0 bridgehead atoms. The van der Waals surface area contributed by atoms with E-state index in [4.69, 9.17) is 23.7 Å². The lowest BCUT2D eigenvalue weighted by atomic mass is 10.2. The van der Waals surface area contributed by atoms with E-state index in [0.717, 1.165) is 5.75 Å². The van der Waals surface area contributed by atoms with Crippen LogP contribution >= 0.6 is 0 Å². The summed E-state index contributed by atoms with van der Waals surface area (Å²) in [6.45, 7) is 2.50. The highest BCUT2D eigenvalue weighted by molar-refractivity contribution is 5.96. The second kappa shape index (κ2) is 11.4. The van der Waals surface area contributed by atoms with Crippen molar-refractivity contribution in [2.24, 2.45) is 0 Å². The van der Waals surface area contributed by atoms with Crippen molar-refractivity contribution in [1.29, 1.82) is 0 Å². The predicted octanol–water partition coefficient (Wildman–Crippen LogP) is 2.45. The van der Waals surface area contributed by atoms with Gasteiger partial charge in [-0.05, 0) is 43.3 Å². The van der Waals surface area contributed by atoms with Gasteiger partial charge >= 0.3 is 5.97 Å². The summed E-state index contributed by atoms with van der Waals surface area (Å²) in [6.07, 6.45) is 0. The quantitative estimate of drug-likeness (QED) is 0.455. The highest BCUT2D eigenvalue weighted by Crippen LogP contribution is 2.22. The molecule has 0 heterocycles. The van der Waals surface area contributed by atoms with Crippen LogP contribution in [0, 0.1) is 0 Å². The molecular weight excluding hydrogens is 378 g/mol. The molecule has 0 atom stereocenters. The van der Waals surface area contributed by atoms with Gasteiger partial charge in [0.15, 0.2) is 0 Å². The van der Waals surface area contributed by atoms with Gasteiger partial charge in [0.2, 0.25) is 0 Å². The largest absolute Gasteiger partial charge is 0.497 e. The van der Waals surface area contributed by atoms with E-state index in [0.29, 0.717) is 29.4 Å². The molecule has 8 heteroatoms. The third-order valence-corrected chi connectivity index (χ3v) is 3.76. The maximum Gasteiger partial charge on any atom is 0.325 e. The average molecular weight is 403 g/mol. The molecule has 0 fully saturated rings. The zero-order valence-electron chi connectivity index (χ0n) is 16.7. The molecule has 8 nitrogen and oxygen atoms in total. The van der Waals surface area contributed by atoms with Crippen LogP contribution in [0.3, 0.4) is 0 Å². The van der Waals surface area contributed by atoms with Crippen LogP contribution in [0.25, 0.3) is 0 Å². The number of nitrogens with one attached hydrogen (secondary N) is 1. The second-order valence-electron chi connectivity index (χ2n) is 5.76. The van der Waals surface area contributed by atoms with Crippen molar-refractivity contribution >= 4 is 11.9 Å². The minimum absolute atomic E-state index is 0.0644. The molecule has 2 rings (SSSR count). The highest BCUT2D eigenvalue weighted by atomic mass is 16.6. The lowest BCUT2D eigenvalue weighted by Crippen LogP contribution is -2.31. The minimum atomic E-state index is -0.566. The van der Waals surface area contributed by atoms with Crippen molar-refractivity contribution in [1.82, 2.24) is 5.32 Å². The SMILES string of the molecule is CCOc1ccc(OCCOC(=O)CNC(=O)c2cc(OC)cc(OC)c2)cc1. The van der Waals surface area contributed by atoms with E-state index >= 15 is 0 Å². The number of methoxy groups -OCH3 is 2. The number of rotatable bonds is 11. The Morgan fingerprint density at radius 2 is 1.41 bits per heavy atom. The van der Waals surface area contributed by atoms with Gasteiger partial charge in [0.05, 0.1) is 20.8 Å². The molecule has 156 valence electrons. The standard InChI is InChI=1S/C21H25NO7/c1-4-27-16-5-7-17(8-6-16)28-9-10-29-20(23)14-22-21(24)15-11-18(25-2)13-19(12-15)26-3/h5-8,11-13H,4,9-10,14H2,1-3H3,(H,22,24). The Morgan fingerprint density at radius 3 is 1.97 bits per heavy atom. The van der Waals surface area contributed by atoms with Crippen molar-refractivity contribution in [3.05, 3.63) is 48.0 Å². The number of ether oxygens (including phenoxy) is 5. The third-order valence-electron chi connectivity index (χ3n) is 3.76. The maximum absolute atomic E-state index is 12.2. The molecule has 0 aromatic heterocycles. The fourth-order valence-corrected chi connectivity index (χ4v) is 2.36. The van der Waals surface area contributed by atoms with E-state index < -0.39 is 11.9 Å². The first-order valence-corrected chi connectivity index (χ1v) is 9.08. The molecule has 1 N–H and O–H groups in total. The monoisotopic (exact) mass is 403 g/mol. The normalized spacial score (nSPS) is 10.0. The number of carbonyl (C=O) groups is 2. The van der Waals surface area contributed by atoms with Gasteiger partial charge in [-0.3, -0.25) is 9.59 Å². The van der Waals surface area contributed by atoms with E-state index in [1.165, 1.54) is 14.2 Å². The van der Waals surface area contributed by atoms with Crippen LogP contribution in [0.1, 0.15) is 17.3 Å². The van der Waals surface area contributed by atoms with Gasteiger partial charge in [0.1, 0.15) is 42.8 Å². The number of amides is 1. The van der Waals surface area contributed by atoms with Crippen LogP contribution < -0.4 is 24.3 Å². The topological polar surface area (TPSA) is 92.3 Å². The van der Waals surface area contributed by atoms with Gasteiger partial charge in [-0.1, -0.05) is 0 Å². The van der Waals surface area contributed by atoms with Gasteiger partial charge in [0, 0.05) is 11.6 Å². The molecule has 0 aliphatic carbocycles. The van der Waals surface area contributed by atoms with E-state index in [1.807, 2.05) is 6.92 Å². The highest BCUT2D eigenvalue weighted by Gasteiger charge is 2.12. The van der Waals surface area contributed by atoms with Crippen molar-refractivity contribution < 1.29 is 33.3 Å². The summed E-state index contributed by atoms with van der Waals surface area (Å²) < 4.78 is 26.1. The van der Waals surface area contributed by atoms with Gasteiger partial charge in [0.25, 0.3) is 5.91 Å². The Bertz CT molecular complexity index is 783. The summed E-state index contributed by atoms with van der Waals surface area (Å²) in [5.74, 6) is 1.35. The molecule has 29 heavy (non-hydrogen) atoms. The summed E-state index contributed by atoms with van der Waals surface area (Å²) in [5, 5.41) is 2.50. The molecule has 0 saturated heterocycles. The summed E-state index contributed by atoms with van der Waals surface area (Å²) in [4.78, 5) is 24.0. The van der Waals surface area contributed by atoms with E-state index in [2.05, 4.69) is 5.32 Å². The molecule has 0 aliphatic rings. The van der Waals surface area contributed by atoms with Crippen LogP contribution in [0.2, 0.25) is 0 Å². The molecule has 0 spiro atoms. The Labute approximate surface area is 169 Å². The van der Waals surface area contributed by atoms with Crippen LogP contribution in [-0.2, 0) is 9.53 Å². The first-order chi connectivity index (χ1) is 14.0.